The molecular weight excluding hydrogens is 402 g/mol. The molecule has 3 heterocycles. The van der Waals surface area contributed by atoms with Crippen LogP contribution >= 0.6 is 0 Å². The first-order chi connectivity index (χ1) is 14.4. The fourth-order valence-electron chi connectivity index (χ4n) is 3.97. The number of benzene rings is 1. The zero-order valence-electron chi connectivity index (χ0n) is 16.3. The number of ether oxygens (including phenoxy) is 1. The summed E-state index contributed by atoms with van der Waals surface area (Å²) >= 11 is 0. The molecule has 4 rings (SSSR count). The Hall–Kier alpha value is -2.75. The van der Waals surface area contributed by atoms with Crippen molar-refractivity contribution in [3.8, 4) is 5.75 Å². The molecule has 2 aromatic heterocycles. The first-order valence-corrected chi connectivity index (χ1v) is 9.65. The maximum Gasteiger partial charge on any atom is 0.387 e. The quantitative estimate of drug-likeness (QED) is 0.554. The molecule has 160 valence electrons. The molecule has 1 aromatic carbocycles. The van der Waals surface area contributed by atoms with E-state index in [1.54, 1.807) is 12.1 Å². The van der Waals surface area contributed by atoms with Gasteiger partial charge in [-0.05, 0) is 42.6 Å². The third-order valence-corrected chi connectivity index (χ3v) is 5.47. The van der Waals surface area contributed by atoms with Gasteiger partial charge in [0.15, 0.2) is 0 Å². The number of fused-ring (bicyclic) bond motifs is 1. The van der Waals surface area contributed by atoms with E-state index in [1.165, 1.54) is 23.0 Å². The summed E-state index contributed by atoms with van der Waals surface area (Å²) in [5.41, 5.74) is 1.18. The van der Waals surface area contributed by atoms with Crippen LogP contribution in [-0.4, -0.2) is 44.2 Å². The maximum atomic E-state index is 13.3. The number of hydrogen-bond acceptors (Lipinski definition) is 5. The molecule has 10 heteroatoms. The number of piperidine rings is 1. The van der Waals surface area contributed by atoms with Crippen LogP contribution in [0, 0.1) is 5.92 Å². The molecular formula is C20H21F4N5O. The Morgan fingerprint density at radius 3 is 2.80 bits per heavy atom. The van der Waals surface area contributed by atoms with Gasteiger partial charge >= 0.3 is 6.61 Å². The highest BCUT2D eigenvalue weighted by Gasteiger charge is 2.31. The molecule has 1 fully saturated rings. The van der Waals surface area contributed by atoms with Crippen LogP contribution in [0.2, 0.25) is 0 Å². The van der Waals surface area contributed by atoms with E-state index in [0.717, 1.165) is 18.5 Å². The Bertz CT molecular complexity index is 1010. The highest BCUT2D eigenvalue weighted by molar-refractivity contribution is 5.33. The van der Waals surface area contributed by atoms with Crippen LogP contribution in [0.15, 0.2) is 36.7 Å². The Balaban J connectivity index is 1.57. The van der Waals surface area contributed by atoms with Crippen LogP contribution < -0.4 is 4.74 Å². The second kappa shape index (κ2) is 8.55. The van der Waals surface area contributed by atoms with E-state index in [2.05, 4.69) is 31.6 Å². The van der Waals surface area contributed by atoms with Crippen molar-refractivity contribution < 1.29 is 22.3 Å². The van der Waals surface area contributed by atoms with Crippen LogP contribution in [0.3, 0.4) is 0 Å². The maximum absolute atomic E-state index is 13.3. The standard InChI is InChI=1S/C20H21F4N5O/c1-12-5-6-28(9-13-3-2-4-14(7-13)30-19(23)24)10-15(12)17-8-16(18(21)22)27-20-25-11-26-29(17)20/h2-4,7-8,11-12,15,18-19H,5-6,9-10H2,1H3/t12-,15-/m1/s1. The molecule has 3 aromatic rings. The lowest BCUT2D eigenvalue weighted by atomic mass is 9.84. The summed E-state index contributed by atoms with van der Waals surface area (Å²) in [7, 11) is 0. The van der Waals surface area contributed by atoms with Gasteiger partial charge in [0.2, 0.25) is 0 Å². The highest BCUT2D eigenvalue weighted by Crippen LogP contribution is 2.34. The summed E-state index contributed by atoms with van der Waals surface area (Å²) in [6.45, 7) is 1.18. The monoisotopic (exact) mass is 423 g/mol. The van der Waals surface area contributed by atoms with Crippen molar-refractivity contribution in [3.63, 3.8) is 0 Å². The molecule has 1 aliphatic heterocycles. The molecule has 1 aliphatic rings. The third kappa shape index (κ3) is 4.38. The van der Waals surface area contributed by atoms with Gasteiger partial charge < -0.3 is 4.74 Å². The Morgan fingerprint density at radius 2 is 2.03 bits per heavy atom. The molecule has 1 saturated heterocycles. The lowest BCUT2D eigenvalue weighted by Crippen LogP contribution is -2.38. The normalized spacial score (nSPS) is 20.4. The summed E-state index contributed by atoms with van der Waals surface area (Å²) < 4.78 is 57.6. The molecule has 30 heavy (non-hydrogen) atoms. The van der Waals surface area contributed by atoms with E-state index < -0.39 is 13.0 Å². The van der Waals surface area contributed by atoms with Gasteiger partial charge in [0.1, 0.15) is 17.8 Å². The lowest BCUT2D eigenvalue weighted by molar-refractivity contribution is -0.0499. The molecule has 2 atom stereocenters. The Kier molecular flexibility index (Phi) is 5.85. The van der Waals surface area contributed by atoms with E-state index in [-0.39, 0.29) is 29.1 Å². The average Bonchev–Trinajstić information content (AvgIpc) is 3.17. The minimum atomic E-state index is -2.87. The molecule has 0 saturated carbocycles. The van der Waals surface area contributed by atoms with E-state index in [0.29, 0.717) is 18.8 Å². The summed E-state index contributed by atoms with van der Waals surface area (Å²) in [5, 5.41) is 4.17. The van der Waals surface area contributed by atoms with E-state index in [9.17, 15) is 17.6 Å². The predicted octanol–water partition coefficient (Wildman–Crippen LogP) is 4.29. The lowest BCUT2D eigenvalue weighted by Gasteiger charge is -2.37. The van der Waals surface area contributed by atoms with Crippen molar-refractivity contribution >= 4 is 5.78 Å². The van der Waals surface area contributed by atoms with Crippen molar-refractivity contribution in [2.75, 3.05) is 13.1 Å². The minimum Gasteiger partial charge on any atom is -0.435 e. The van der Waals surface area contributed by atoms with Crippen molar-refractivity contribution in [2.24, 2.45) is 5.92 Å². The number of nitrogens with zero attached hydrogens (tertiary/aromatic N) is 5. The fourth-order valence-corrected chi connectivity index (χ4v) is 3.97. The van der Waals surface area contributed by atoms with Crippen LogP contribution in [0.25, 0.3) is 5.78 Å². The molecule has 0 spiro atoms. The third-order valence-electron chi connectivity index (χ3n) is 5.47. The summed E-state index contributed by atoms with van der Waals surface area (Å²) in [6.07, 6.45) is -0.528. The number of aromatic nitrogens is 4. The van der Waals surface area contributed by atoms with Gasteiger partial charge in [-0.25, -0.2) is 18.3 Å². The second-order valence-corrected chi connectivity index (χ2v) is 7.51. The molecule has 0 unspecified atom stereocenters. The molecule has 6 nitrogen and oxygen atoms in total. The number of hydrogen-bond donors (Lipinski definition) is 0. The summed E-state index contributed by atoms with van der Waals surface area (Å²) in [6, 6.07) is 8.02. The number of halogens is 4. The Labute approximate surface area is 170 Å². The second-order valence-electron chi connectivity index (χ2n) is 7.51. The highest BCUT2D eigenvalue weighted by atomic mass is 19.3. The molecule has 0 amide bonds. The molecule has 0 radical (unpaired) electrons. The smallest absolute Gasteiger partial charge is 0.387 e. The van der Waals surface area contributed by atoms with E-state index >= 15 is 0 Å². The van der Waals surface area contributed by atoms with Crippen molar-refractivity contribution in [1.29, 1.82) is 0 Å². The summed E-state index contributed by atoms with van der Waals surface area (Å²) in [4.78, 5) is 10.0. The zero-order valence-corrected chi connectivity index (χ0v) is 16.3. The predicted molar refractivity (Wildman–Crippen MR) is 101 cm³/mol. The first-order valence-electron chi connectivity index (χ1n) is 9.65. The van der Waals surface area contributed by atoms with Crippen LogP contribution in [0.5, 0.6) is 5.75 Å². The van der Waals surface area contributed by atoms with Gasteiger partial charge in [-0.2, -0.15) is 18.9 Å². The molecule has 0 N–H and O–H groups in total. The SMILES string of the molecule is C[C@@H]1CCN(Cc2cccc(OC(F)F)c2)C[C@H]1c1cc(C(F)F)nc2ncnn12. The van der Waals surface area contributed by atoms with Crippen LogP contribution in [-0.2, 0) is 6.54 Å². The van der Waals surface area contributed by atoms with Gasteiger partial charge in [-0.15, -0.1) is 0 Å². The van der Waals surface area contributed by atoms with E-state index in [4.69, 9.17) is 0 Å². The average molecular weight is 423 g/mol. The fraction of sp³-hybridized carbons (Fsp3) is 0.450. The topological polar surface area (TPSA) is 55.5 Å². The van der Waals surface area contributed by atoms with E-state index in [1.807, 2.05) is 6.07 Å². The zero-order chi connectivity index (χ0) is 21.3. The first kappa shape index (κ1) is 20.5. The van der Waals surface area contributed by atoms with Crippen molar-refractivity contribution in [3.05, 3.63) is 53.6 Å². The van der Waals surface area contributed by atoms with Gasteiger partial charge in [0.05, 0.1) is 5.69 Å². The van der Waals surface area contributed by atoms with Gasteiger partial charge in [-0.1, -0.05) is 19.1 Å². The molecule has 0 aliphatic carbocycles. The minimum absolute atomic E-state index is 0.0519. The van der Waals surface area contributed by atoms with Gasteiger partial charge in [0, 0.05) is 19.0 Å². The largest absolute Gasteiger partial charge is 0.435 e. The number of rotatable bonds is 6. The van der Waals surface area contributed by atoms with Gasteiger partial charge in [-0.3, -0.25) is 4.90 Å². The van der Waals surface area contributed by atoms with Crippen LogP contribution in [0.1, 0.15) is 42.6 Å². The van der Waals surface area contributed by atoms with Crippen molar-refractivity contribution in [1.82, 2.24) is 24.5 Å². The molecule has 0 bridgehead atoms. The Morgan fingerprint density at radius 1 is 1.20 bits per heavy atom. The number of alkyl halides is 4. The van der Waals surface area contributed by atoms with Crippen molar-refractivity contribution in [2.45, 2.75) is 38.8 Å². The van der Waals surface area contributed by atoms with Gasteiger partial charge in [0.25, 0.3) is 12.2 Å². The van der Waals surface area contributed by atoms with Crippen LogP contribution in [0.4, 0.5) is 17.6 Å². The number of likely N-dealkylation sites (tertiary alicyclic amines) is 1. The summed E-state index contributed by atoms with van der Waals surface area (Å²) in [5.74, 6) is 0.465.